The number of halogens is 1. The van der Waals surface area contributed by atoms with Gasteiger partial charge in [0.05, 0.1) is 24.8 Å². The number of nitrogens with zero attached hydrogens (tertiary/aromatic N) is 2. The van der Waals surface area contributed by atoms with Gasteiger partial charge in [0.25, 0.3) is 10.0 Å². The Balaban J connectivity index is 1.76. The van der Waals surface area contributed by atoms with Crippen molar-refractivity contribution >= 4 is 43.5 Å². The number of sulfonamides is 1. The molecule has 0 aromatic heterocycles. The van der Waals surface area contributed by atoms with Crippen LogP contribution in [0.3, 0.4) is 0 Å². The second-order valence-electron chi connectivity index (χ2n) is 10.7. The molecule has 0 unspecified atom stereocenters. The maximum Gasteiger partial charge on any atom is 0.264 e. The van der Waals surface area contributed by atoms with E-state index >= 15 is 0 Å². The van der Waals surface area contributed by atoms with Crippen molar-refractivity contribution in [1.29, 1.82) is 0 Å². The van der Waals surface area contributed by atoms with E-state index in [1.165, 1.54) is 37.3 Å². The molecule has 0 spiro atoms. The number of hydrogen-bond donors (Lipinski definition) is 1. The van der Waals surface area contributed by atoms with E-state index in [-0.39, 0.29) is 34.8 Å². The van der Waals surface area contributed by atoms with Crippen LogP contribution in [0.15, 0.2) is 76.1 Å². The maximum absolute atomic E-state index is 14.2. The molecule has 3 aromatic rings. The van der Waals surface area contributed by atoms with Crippen molar-refractivity contribution in [2.75, 3.05) is 25.1 Å². The summed E-state index contributed by atoms with van der Waals surface area (Å²) in [6, 6.07) is 17.8. The SMILES string of the molecule is COc1ccc(OC)c(N(CC(=O)N(Cc2cccc(Br)c2)[C@H](C)C(=O)NC2CCCC2)S(=O)(=O)c2ccc(C)cc2)c1. The molecule has 3 aromatic carbocycles. The molecule has 9 nitrogen and oxygen atoms in total. The molecule has 43 heavy (non-hydrogen) atoms. The van der Waals surface area contributed by atoms with E-state index in [0.717, 1.165) is 45.6 Å². The van der Waals surface area contributed by atoms with Crippen LogP contribution in [-0.4, -0.2) is 58.0 Å². The lowest BCUT2D eigenvalue weighted by Gasteiger charge is -2.33. The Hall–Kier alpha value is -3.57. The third-order valence-corrected chi connectivity index (χ3v) is 9.92. The van der Waals surface area contributed by atoms with Crippen LogP contribution in [0.1, 0.15) is 43.7 Å². The van der Waals surface area contributed by atoms with Crippen LogP contribution in [-0.2, 0) is 26.2 Å². The van der Waals surface area contributed by atoms with Gasteiger partial charge < -0.3 is 19.7 Å². The fraction of sp³-hybridized carbons (Fsp3) is 0.375. The summed E-state index contributed by atoms with van der Waals surface area (Å²) in [4.78, 5) is 29.1. The van der Waals surface area contributed by atoms with Crippen LogP contribution in [0.25, 0.3) is 0 Å². The number of ether oxygens (including phenoxy) is 2. The van der Waals surface area contributed by atoms with Crippen LogP contribution >= 0.6 is 15.9 Å². The van der Waals surface area contributed by atoms with Crippen LogP contribution in [0.4, 0.5) is 5.69 Å². The molecule has 1 atom stereocenters. The molecule has 0 aliphatic heterocycles. The summed E-state index contributed by atoms with van der Waals surface area (Å²) in [5.41, 5.74) is 1.82. The van der Waals surface area contributed by atoms with E-state index in [1.54, 1.807) is 31.2 Å². The Morgan fingerprint density at radius 1 is 1.00 bits per heavy atom. The van der Waals surface area contributed by atoms with Crippen molar-refractivity contribution in [3.63, 3.8) is 0 Å². The number of carbonyl (C=O) groups excluding carboxylic acids is 2. The highest BCUT2D eigenvalue weighted by Gasteiger charge is 2.34. The van der Waals surface area contributed by atoms with E-state index in [2.05, 4.69) is 21.2 Å². The molecule has 1 aliphatic rings. The van der Waals surface area contributed by atoms with Crippen molar-refractivity contribution < 1.29 is 27.5 Å². The van der Waals surface area contributed by atoms with E-state index in [0.29, 0.717) is 5.75 Å². The Bertz CT molecular complexity index is 1540. The first-order valence-corrected chi connectivity index (χ1v) is 16.4. The Morgan fingerprint density at radius 2 is 1.70 bits per heavy atom. The van der Waals surface area contributed by atoms with Crippen LogP contribution in [0.5, 0.6) is 11.5 Å². The predicted octanol–water partition coefficient (Wildman–Crippen LogP) is 5.45. The van der Waals surface area contributed by atoms with Crippen LogP contribution in [0.2, 0.25) is 0 Å². The number of methoxy groups -OCH3 is 2. The summed E-state index contributed by atoms with van der Waals surface area (Å²) >= 11 is 3.47. The number of benzene rings is 3. The molecule has 0 heterocycles. The highest BCUT2D eigenvalue weighted by atomic mass is 79.9. The largest absolute Gasteiger partial charge is 0.497 e. The third-order valence-electron chi connectivity index (χ3n) is 7.65. The first kappa shape index (κ1) is 32.3. The third kappa shape index (κ3) is 7.88. The van der Waals surface area contributed by atoms with Gasteiger partial charge in [0.15, 0.2) is 0 Å². The Morgan fingerprint density at radius 3 is 2.33 bits per heavy atom. The summed E-state index contributed by atoms with van der Waals surface area (Å²) in [5.74, 6) is -0.186. The van der Waals surface area contributed by atoms with Crippen LogP contribution < -0.4 is 19.1 Å². The van der Waals surface area contributed by atoms with E-state index < -0.39 is 28.5 Å². The zero-order chi connectivity index (χ0) is 31.1. The van der Waals surface area contributed by atoms with Crippen molar-refractivity contribution in [3.05, 3.63) is 82.3 Å². The molecule has 0 saturated heterocycles. The summed E-state index contributed by atoms with van der Waals surface area (Å²) in [7, 11) is -1.36. The fourth-order valence-corrected chi connectivity index (χ4v) is 7.01. The molecule has 4 rings (SSSR count). The van der Waals surface area contributed by atoms with Crippen molar-refractivity contribution in [3.8, 4) is 11.5 Å². The average Bonchev–Trinajstić information content (AvgIpc) is 3.51. The molecule has 0 bridgehead atoms. The molecule has 230 valence electrons. The standard InChI is InChI=1S/C32H38BrN3O6S/c1-22-12-15-28(16-13-22)43(39,40)36(29-19-27(41-3)14-17-30(29)42-4)21-31(37)35(20-24-8-7-9-25(33)18-24)23(2)32(38)34-26-10-5-6-11-26/h7-9,12-19,23,26H,5-6,10-11,20-21H2,1-4H3,(H,34,38)/t23-/m1/s1. The number of anilines is 1. The van der Waals surface area contributed by atoms with Crippen LogP contribution in [0, 0.1) is 6.92 Å². The summed E-state index contributed by atoms with van der Waals surface area (Å²) in [5, 5.41) is 3.08. The lowest BCUT2D eigenvalue weighted by Crippen LogP contribution is -2.52. The molecule has 2 amide bonds. The minimum Gasteiger partial charge on any atom is -0.497 e. The maximum atomic E-state index is 14.2. The van der Waals surface area contributed by atoms with Crippen molar-refractivity contribution in [2.24, 2.45) is 0 Å². The minimum absolute atomic E-state index is 0.0151. The number of rotatable bonds is 12. The Labute approximate surface area is 262 Å². The van der Waals surface area contributed by atoms with E-state index in [9.17, 15) is 18.0 Å². The molecular formula is C32H38BrN3O6S. The number of aryl methyl sites for hydroxylation is 1. The van der Waals surface area contributed by atoms with Gasteiger partial charge in [0.1, 0.15) is 24.1 Å². The summed E-state index contributed by atoms with van der Waals surface area (Å²) in [6.45, 7) is 3.06. The summed E-state index contributed by atoms with van der Waals surface area (Å²) in [6.07, 6.45) is 3.90. The number of nitrogens with one attached hydrogen (secondary N) is 1. The van der Waals surface area contributed by atoms with Gasteiger partial charge in [-0.1, -0.05) is 58.6 Å². The smallest absolute Gasteiger partial charge is 0.264 e. The lowest BCUT2D eigenvalue weighted by molar-refractivity contribution is -0.139. The van der Waals surface area contributed by atoms with Crippen molar-refractivity contribution in [1.82, 2.24) is 10.2 Å². The second kappa shape index (κ2) is 14.3. The topological polar surface area (TPSA) is 105 Å². The van der Waals surface area contributed by atoms with Gasteiger partial charge in [0, 0.05) is 23.1 Å². The number of amides is 2. The molecule has 1 fully saturated rings. The monoisotopic (exact) mass is 671 g/mol. The number of hydrogen-bond acceptors (Lipinski definition) is 6. The van der Waals surface area contributed by atoms with Gasteiger partial charge in [-0.05, 0) is 68.7 Å². The molecule has 1 N–H and O–H groups in total. The average molecular weight is 673 g/mol. The zero-order valence-corrected chi connectivity index (χ0v) is 27.3. The van der Waals surface area contributed by atoms with Gasteiger partial charge in [0.2, 0.25) is 11.8 Å². The quantitative estimate of drug-likeness (QED) is 0.275. The first-order valence-electron chi connectivity index (χ1n) is 14.2. The molecule has 11 heteroatoms. The zero-order valence-electron chi connectivity index (χ0n) is 24.9. The predicted molar refractivity (Wildman–Crippen MR) is 170 cm³/mol. The van der Waals surface area contributed by atoms with Gasteiger partial charge >= 0.3 is 0 Å². The van der Waals surface area contributed by atoms with Gasteiger partial charge in [-0.15, -0.1) is 0 Å². The van der Waals surface area contributed by atoms with Gasteiger partial charge in [-0.2, -0.15) is 0 Å². The van der Waals surface area contributed by atoms with E-state index in [1.807, 2.05) is 31.2 Å². The molecule has 0 radical (unpaired) electrons. The van der Waals surface area contributed by atoms with Crippen molar-refractivity contribution in [2.45, 2.75) is 63.1 Å². The summed E-state index contributed by atoms with van der Waals surface area (Å²) < 4.78 is 41.1. The normalized spacial score (nSPS) is 14.2. The molecule has 1 saturated carbocycles. The number of carbonyl (C=O) groups is 2. The molecule has 1 aliphatic carbocycles. The van der Waals surface area contributed by atoms with E-state index in [4.69, 9.17) is 9.47 Å². The Kier molecular flexibility index (Phi) is 10.7. The minimum atomic E-state index is -4.26. The molecular weight excluding hydrogens is 634 g/mol. The first-order chi connectivity index (χ1) is 20.5. The lowest BCUT2D eigenvalue weighted by atomic mass is 10.1. The fourth-order valence-electron chi connectivity index (χ4n) is 5.15. The second-order valence-corrected chi connectivity index (χ2v) is 13.5. The van der Waals surface area contributed by atoms with Gasteiger partial charge in [-0.25, -0.2) is 8.42 Å². The highest BCUT2D eigenvalue weighted by molar-refractivity contribution is 9.10. The highest BCUT2D eigenvalue weighted by Crippen LogP contribution is 2.36. The van der Waals surface area contributed by atoms with Gasteiger partial charge in [-0.3, -0.25) is 13.9 Å².